The molecule has 0 radical (unpaired) electrons. The van der Waals surface area contributed by atoms with Gasteiger partial charge in [-0.25, -0.2) is 22.6 Å². The number of aliphatic imine (C=N–C) groups is 1. The smallest absolute Gasteiger partial charge is 0.266 e. The van der Waals surface area contributed by atoms with E-state index in [0.29, 0.717) is 6.07 Å². The zero-order valence-electron chi connectivity index (χ0n) is 12.4. The van der Waals surface area contributed by atoms with Crippen LogP contribution in [0.2, 0.25) is 0 Å². The van der Waals surface area contributed by atoms with Crippen LogP contribution in [-0.4, -0.2) is 23.8 Å². The maximum atomic E-state index is 13.7. The molecule has 2 aromatic rings. The summed E-state index contributed by atoms with van der Waals surface area (Å²) in [6.07, 6.45) is 0. The molecule has 0 aromatic heterocycles. The first-order valence-electron chi connectivity index (χ1n) is 6.81. The van der Waals surface area contributed by atoms with E-state index >= 15 is 0 Å². The summed E-state index contributed by atoms with van der Waals surface area (Å²) in [6, 6.07) is 5.11. The van der Waals surface area contributed by atoms with Gasteiger partial charge in [0.2, 0.25) is 0 Å². The number of carbonyl (C=O) groups excluding carboxylic acids is 1. The van der Waals surface area contributed by atoms with Gasteiger partial charge in [-0.15, -0.1) is 0 Å². The molecule has 2 aromatic carbocycles. The molecule has 0 bridgehead atoms. The average Bonchev–Trinajstić information content (AvgIpc) is 2.74. The van der Waals surface area contributed by atoms with Gasteiger partial charge in [0.25, 0.3) is 5.91 Å². The predicted molar refractivity (Wildman–Crippen MR) is 84.6 cm³/mol. The quantitative estimate of drug-likeness (QED) is 0.844. The second-order valence-electron chi connectivity index (χ2n) is 5.33. The van der Waals surface area contributed by atoms with Crippen LogP contribution in [-0.2, 0) is 10.3 Å². The number of carbonyl (C=O) groups is 1. The van der Waals surface area contributed by atoms with E-state index in [9.17, 15) is 22.4 Å². The lowest BCUT2D eigenvalue weighted by atomic mass is 9.82. The van der Waals surface area contributed by atoms with Gasteiger partial charge in [0.05, 0.1) is 0 Å². The van der Waals surface area contributed by atoms with Crippen molar-refractivity contribution in [1.82, 2.24) is 4.90 Å². The number of nitrogens with two attached hydrogens (primary N) is 1. The van der Waals surface area contributed by atoms with Gasteiger partial charge >= 0.3 is 0 Å². The summed E-state index contributed by atoms with van der Waals surface area (Å²) in [5, 5.41) is 0. The Morgan fingerprint density at radius 2 is 1.56 bits per heavy atom. The summed E-state index contributed by atoms with van der Waals surface area (Å²) in [7, 11) is 1.32. The van der Waals surface area contributed by atoms with Gasteiger partial charge < -0.3 is 5.73 Å². The Bertz CT molecular complexity index is 864. The monoisotopic (exact) mass is 353 g/mol. The molecule has 1 unspecified atom stereocenters. The molecule has 132 valence electrons. The molecule has 1 atom stereocenters. The third kappa shape index (κ3) is 2.73. The number of halogens is 4. The molecule has 0 spiro atoms. The van der Waals surface area contributed by atoms with E-state index in [1.165, 1.54) is 7.05 Å². The normalized spacial score (nSPS) is 19.6. The highest BCUT2D eigenvalue weighted by molar-refractivity contribution is 6.08. The third-order valence-corrected chi connectivity index (χ3v) is 3.86. The molecule has 1 aliphatic rings. The SMILES string of the molecule is C.CN1C(=O)C(c2cc(F)cc(F)c2)(c2ccc(F)c(F)c2)N=C1N. The first kappa shape index (κ1) is 18.4. The minimum atomic E-state index is -1.99. The summed E-state index contributed by atoms with van der Waals surface area (Å²) in [4.78, 5) is 17.7. The molecule has 8 heteroatoms. The molecule has 0 saturated carbocycles. The second-order valence-corrected chi connectivity index (χ2v) is 5.33. The lowest BCUT2D eigenvalue weighted by Crippen LogP contribution is -2.41. The number of hydrogen-bond acceptors (Lipinski definition) is 3. The van der Waals surface area contributed by atoms with Crippen LogP contribution in [0.25, 0.3) is 0 Å². The maximum Gasteiger partial charge on any atom is 0.266 e. The molecule has 0 saturated heterocycles. The highest BCUT2D eigenvalue weighted by Crippen LogP contribution is 2.40. The molecular weight excluding hydrogens is 338 g/mol. The molecule has 1 amide bonds. The molecule has 3 rings (SSSR count). The average molecular weight is 353 g/mol. The van der Waals surface area contributed by atoms with Crippen molar-refractivity contribution >= 4 is 11.9 Å². The number of rotatable bonds is 2. The molecule has 4 nitrogen and oxygen atoms in total. The number of amides is 1. The van der Waals surface area contributed by atoms with Crippen LogP contribution in [0.1, 0.15) is 18.6 Å². The number of hydrogen-bond donors (Lipinski definition) is 1. The lowest BCUT2D eigenvalue weighted by Gasteiger charge is -2.26. The van der Waals surface area contributed by atoms with Crippen molar-refractivity contribution in [2.24, 2.45) is 10.7 Å². The Balaban J connectivity index is 0.00000225. The van der Waals surface area contributed by atoms with Gasteiger partial charge in [-0.3, -0.25) is 9.69 Å². The largest absolute Gasteiger partial charge is 0.369 e. The van der Waals surface area contributed by atoms with E-state index in [-0.39, 0.29) is 24.5 Å². The minimum Gasteiger partial charge on any atom is -0.369 e. The van der Waals surface area contributed by atoms with Crippen molar-refractivity contribution in [3.05, 3.63) is 70.8 Å². The summed E-state index contributed by atoms with van der Waals surface area (Å²) < 4.78 is 54.2. The Labute approximate surface area is 141 Å². The number of benzene rings is 2. The van der Waals surface area contributed by atoms with Crippen molar-refractivity contribution in [2.75, 3.05) is 7.05 Å². The number of nitrogens with zero attached hydrogens (tertiary/aromatic N) is 2. The van der Waals surface area contributed by atoms with Crippen LogP contribution in [0.5, 0.6) is 0 Å². The molecule has 1 heterocycles. The van der Waals surface area contributed by atoms with Gasteiger partial charge in [-0.1, -0.05) is 13.5 Å². The zero-order valence-corrected chi connectivity index (χ0v) is 12.4. The summed E-state index contributed by atoms with van der Waals surface area (Å²) in [5.41, 5.74) is 3.40. The third-order valence-electron chi connectivity index (χ3n) is 3.86. The van der Waals surface area contributed by atoms with Gasteiger partial charge in [0.15, 0.2) is 23.1 Å². The van der Waals surface area contributed by atoms with Gasteiger partial charge in [-0.2, -0.15) is 0 Å². The van der Waals surface area contributed by atoms with Crippen LogP contribution in [0.4, 0.5) is 17.6 Å². The van der Waals surface area contributed by atoms with Crippen molar-refractivity contribution < 1.29 is 22.4 Å². The summed E-state index contributed by atoms with van der Waals surface area (Å²) in [6.45, 7) is 0. The second kappa shape index (κ2) is 6.19. The Hall–Kier alpha value is -2.90. The van der Waals surface area contributed by atoms with Crippen LogP contribution < -0.4 is 5.73 Å². The Morgan fingerprint density at radius 3 is 2.04 bits per heavy atom. The van der Waals surface area contributed by atoms with Crippen LogP contribution in [0.3, 0.4) is 0 Å². The predicted octanol–water partition coefficient (Wildman–Crippen LogP) is 2.91. The lowest BCUT2D eigenvalue weighted by molar-refractivity contribution is -0.129. The fourth-order valence-electron chi connectivity index (χ4n) is 2.67. The van der Waals surface area contributed by atoms with E-state index in [1.807, 2.05) is 0 Å². The van der Waals surface area contributed by atoms with Crippen molar-refractivity contribution in [3.8, 4) is 0 Å². The van der Waals surface area contributed by atoms with E-state index in [1.54, 1.807) is 0 Å². The summed E-state index contributed by atoms with van der Waals surface area (Å²) >= 11 is 0. The minimum absolute atomic E-state index is 0. The topological polar surface area (TPSA) is 58.7 Å². The number of likely N-dealkylation sites (N-methyl/N-ethyl adjacent to an activating group) is 1. The highest BCUT2D eigenvalue weighted by atomic mass is 19.2. The Kier molecular flexibility index (Phi) is 4.57. The van der Waals surface area contributed by atoms with E-state index in [0.717, 1.165) is 35.2 Å². The van der Waals surface area contributed by atoms with E-state index in [4.69, 9.17) is 5.73 Å². The molecule has 25 heavy (non-hydrogen) atoms. The van der Waals surface area contributed by atoms with Crippen LogP contribution in [0, 0.1) is 23.3 Å². The van der Waals surface area contributed by atoms with E-state index in [2.05, 4.69) is 4.99 Å². The van der Waals surface area contributed by atoms with Gasteiger partial charge in [0.1, 0.15) is 11.6 Å². The standard InChI is InChI=1S/C16H11F4N3O.CH4/c1-23-14(24)16(22-15(23)21,8-2-3-12(19)13(20)6-8)9-4-10(17)7-11(18)5-9;/h2-7H,1H3,(H2,21,22);1H4. The molecule has 1 aliphatic heterocycles. The molecule has 2 N–H and O–H groups in total. The first-order valence-corrected chi connectivity index (χ1v) is 6.81. The first-order chi connectivity index (χ1) is 11.3. The fourth-order valence-corrected chi connectivity index (χ4v) is 2.67. The van der Waals surface area contributed by atoms with E-state index < -0.39 is 34.7 Å². The fraction of sp³-hybridized carbons (Fsp3) is 0.176. The summed E-state index contributed by atoms with van der Waals surface area (Å²) in [5.74, 6) is -5.19. The molecule has 0 aliphatic carbocycles. The maximum absolute atomic E-state index is 13.7. The highest BCUT2D eigenvalue weighted by Gasteiger charge is 2.50. The Morgan fingerprint density at radius 1 is 0.960 bits per heavy atom. The van der Waals surface area contributed by atoms with Crippen molar-refractivity contribution in [1.29, 1.82) is 0 Å². The molecular formula is C17H15F4N3O. The zero-order chi connectivity index (χ0) is 17.6. The van der Waals surface area contributed by atoms with Gasteiger partial charge in [0, 0.05) is 13.1 Å². The van der Waals surface area contributed by atoms with Crippen molar-refractivity contribution in [2.45, 2.75) is 13.0 Å². The number of guanidine groups is 1. The molecule has 0 fully saturated rings. The van der Waals surface area contributed by atoms with Gasteiger partial charge in [-0.05, 0) is 35.4 Å². The van der Waals surface area contributed by atoms with Crippen LogP contribution >= 0.6 is 0 Å². The van der Waals surface area contributed by atoms with Crippen LogP contribution in [0.15, 0.2) is 41.4 Å². The van der Waals surface area contributed by atoms with Crippen molar-refractivity contribution in [3.63, 3.8) is 0 Å².